The number of amides is 2. The zero-order valence-electron chi connectivity index (χ0n) is 15.3. The lowest BCUT2D eigenvalue weighted by Gasteiger charge is -2.22. The molecular weight excluding hydrogens is 333 g/mol. The fraction of sp³-hybridized carbons (Fsp3) is 0.350. The molecule has 2 amide bonds. The molecule has 0 saturated heterocycles. The lowest BCUT2D eigenvalue weighted by Crippen LogP contribution is -2.38. The van der Waals surface area contributed by atoms with E-state index in [0.717, 1.165) is 18.7 Å². The maximum Gasteiger partial charge on any atom is 0.317 e. The van der Waals surface area contributed by atoms with Crippen molar-refractivity contribution in [3.63, 3.8) is 0 Å². The molecule has 6 heteroatoms. The second-order valence-electron chi connectivity index (χ2n) is 7.01. The van der Waals surface area contributed by atoms with Gasteiger partial charge in [-0.25, -0.2) is 9.18 Å². The highest BCUT2D eigenvalue weighted by atomic mass is 19.1. The van der Waals surface area contributed by atoms with Crippen LogP contribution in [-0.4, -0.2) is 35.0 Å². The Balaban J connectivity index is 1.61. The minimum absolute atomic E-state index is 0.233. The van der Waals surface area contributed by atoms with E-state index in [4.69, 9.17) is 0 Å². The molecule has 1 unspecified atom stereocenters. The summed E-state index contributed by atoms with van der Waals surface area (Å²) >= 11 is 0. The first-order valence-corrected chi connectivity index (χ1v) is 8.62. The Kier molecular flexibility index (Phi) is 5.13. The molecule has 0 aliphatic carbocycles. The van der Waals surface area contributed by atoms with Gasteiger partial charge in [-0.3, -0.25) is 4.90 Å². The van der Waals surface area contributed by atoms with E-state index in [1.165, 1.54) is 23.3 Å². The van der Waals surface area contributed by atoms with Crippen LogP contribution in [0.2, 0.25) is 0 Å². The first-order chi connectivity index (χ1) is 12.3. The van der Waals surface area contributed by atoms with Gasteiger partial charge >= 0.3 is 6.03 Å². The van der Waals surface area contributed by atoms with Crippen LogP contribution in [0, 0.1) is 5.82 Å². The van der Waals surface area contributed by atoms with E-state index < -0.39 is 11.6 Å². The summed E-state index contributed by atoms with van der Waals surface area (Å²) < 4.78 is 13.5. The number of hydrogen-bond acceptors (Lipinski definition) is 3. The summed E-state index contributed by atoms with van der Waals surface area (Å²) in [5, 5.41) is 12.1. The number of carbonyl (C=O) groups is 1. The predicted octanol–water partition coefficient (Wildman–Crippen LogP) is 3.38. The third kappa shape index (κ3) is 3.96. The molecule has 0 spiro atoms. The number of urea groups is 1. The molecule has 2 aromatic rings. The number of nitrogens with one attached hydrogen (secondary N) is 1. The summed E-state index contributed by atoms with van der Waals surface area (Å²) in [5.41, 5.74) is 4.33. The number of benzene rings is 2. The van der Waals surface area contributed by atoms with Crippen molar-refractivity contribution in [1.82, 2.24) is 15.1 Å². The first kappa shape index (κ1) is 18.2. The van der Waals surface area contributed by atoms with Crippen LogP contribution in [0.3, 0.4) is 0 Å². The summed E-state index contributed by atoms with van der Waals surface area (Å²) in [6.45, 7) is 4.18. The Morgan fingerprint density at radius 2 is 2.00 bits per heavy atom. The van der Waals surface area contributed by atoms with Crippen LogP contribution >= 0.6 is 0 Å². The zero-order chi connectivity index (χ0) is 18.8. The summed E-state index contributed by atoms with van der Waals surface area (Å²) in [6.07, 6.45) is 0. The van der Waals surface area contributed by atoms with Crippen LogP contribution < -0.4 is 5.32 Å². The molecule has 3 rings (SSSR count). The van der Waals surface area contributed by atoms with Crippen LogP contribution in [0.25, 0.3) is 0 Å². The number of phenols is 1. The van der Waals surface area contributed by atoms with Gasteiger partial charge < -0.3 is 15.3 Å². The standard InChI is InChI=1S/C20H24FN3O2/c1-13(15-6-7-19(25)18(21)9-15)22-20(26)24(3)10-14-4-5-16-11-23(2)12-17(16)8-14/h4-9,13,25H,10-12H2,1-3H3,(H,22,26). The van der Waals surface area contributed by atoms with Crippen LogP contribution in [0.5, 0.6) is 5.75 Å². The number of carbonyl (C=O) groups excluding carboxylic acids is 1. The molecule has 1 aliphatic heterocycles. The Hall–Kier alpha value is -2.60. The fourth-order valence-corrected chi connectivity index (χ4v) is 3.23. The van der Waals surface area contributed by atoms with E-state index in [0.29, 0.717) is 12.1 Å². The number of rotatable bonds is 4. The Morgan fingerprint density at radius 1 is 1.27 bits per heavy atom. The van der Waals surface area contributed by atoms with Crippen molar-refractivity contribution in [2.45, 2.75) is 32.6 Å². The van der Waals surface area contributed by atoms with Crippen LogP contribution in [0.1, 0.15) is 35.2 Å². The SMILES string of the molecule is CC(NC(=O)N(C)Cc1ccc2c(c1)CN(C)C2)c1ccc(O)c(F)c1. The van der Waals surface area contributed by atoms with E-state index in [9.17, 15) is 14.3 Å². The van der Waals surface area contributed by atoms with Crippen molar-refractivity contribution in [2.75, 3.05) is 14.1 Å². The second-order valence-corrected chi connectivity index (χ2v) is 7.01. The van der Waals surface area contributed by atoms with Gasteiger partial charge in [0.15, 0.2) is 11.6 Å². The number of aromatic hydroxyl groups is 1. The van der Waals surface area contributed by atoms with Crippen molar-refractivity contribution in [1.29, 1.82) is 0 Å². The van der Waals surface area contributed by atoms with Gasteiger partial charge in [0.2, 0.25) is 0 Å². The molecule has 1 aliphatic rings. The molecule has 1 atom stereocenters. The summed E-state index contributed by atoms with van der Waals surface area (Å²) in [6, 6.07) is 9.86. The van der Waals surface area contributed by atoms with E-state index in [1.54, 1.807) is 24.9 Å². The normalized spacial score (nSPS) is 14.8. The average molecular weight is 357 g/mol. The van der Waals surface area contributed by atoms with Crippen LogP contribution in [0.4, 0.5) is 9.18 Å². The van der Waals surface area contributed by atoms with Crippen molar-refractivity contribution >= 4 is 6.03 Å². The molecule has 26 heavy (non-hydrogen) atoms. The quantitative estimate of drug-likeness (QED) is 0.882. The lowest BCUT2D eigenvalue weighted by molar-refractivity contribution is 0.203. The highest BCUT2D eigenvalue weighted by Crippen LogP contribution is 2.23. The second kappa shape index (κ2) is 7.33. The lowest BCUT2D eigenvalue weighted by atomic mass is 10.1. The average Bonchev–Trinajstić information content (AvgIpc) is 2.96. The summed E-state index contributed by atoms with van der Waals surface area (Å²) in [7, 11) is 3.83. The fourth-order valence-electron chi connectivity index (χ4n) is 3.23. The molecule has 0 aromatic heterocycles. The molecule has 0 radical (unpaired) electrons. The summed E-state index contributed by atoms with van der Waals surface area (Å²) in [4.78, 5) is 16.3. The molecule has 0 fully saturated rings. The number of fused-ring (bicyclic) bond motifs is 1. The molecule has 1 heterocycles. The van der Waals surface area contributed by atoms with Gasteiger partial charge in [-0.2, -0.15) is 0 Å². The van der Waals surface area contributed by atoms with Crippen molar-refractivity contribution in [2.24, 2.45) is 0 Å². The van der Waals surface area contributed by atoms with E-state index >= 15 is 0 Å². The van der Waals surface area contributed by atoms with Gasteiger partial charge in [0.25, 0.3) is 0 Å². The van der Waals surface area contributed by atoms with Crippen molar-refractivity contribution < 1.29 is 14.3 Å². The van der Waals surface area contributed by atoms with Crippen molar-refractivity contribution in [3.05, 3.63) is 64.5 Å². The van der Waals surface area contributed by atoms with Gasteiger partial charge in [-0.15, -0.1) is 0 Å². The van der Waals surface area contributed by atoms with Crippen LogP contribution in [-0.2, 0) is 19.6 Å². The highest BCUT2D eigenvalue weighted by molar-refractivity contribution is 5.74. The molecular formula is C20H24FN3O2. The molecule has 0 bridgehead atoms. The topological polar surface area (TPSA) is 55.8 Å². The largest absolute Gasteiger partial charge is 0.505 e. The molecule has 138 valence electrons. The number of phenolic OH excluding ortho intramolecular Hbond substituents is 1. The Bertz CT molecular complexity index is 825. The minimum Gasteiger partial charge on any atom is -0.505 e. The van der Waals surface area contributed by atoms with E-state index in [2.05, 4.69) is 35.5 Å². The van der Waals surface area contributed by atoms with Gasteiger partial charge in [-0.1, -0.05) is 24.3 Å². The first-order valence-electron chi connectivity index (χ1n) is 8.62. The Labute approximate surface area is 153 Å². The number of nitrogens with zero attached hydrogens (tertiary/aromatic N) is 2. The summed E-state index contributed by atoms with van der Waals surface area (Å²) in [5.74, 6) is -1.09. The molecule has 5 nitrogen and oxygen atoms in total. The molecule has 2 aromatic carbocycles. The number of hydrogen-bond donors (Lipinski definition) is 2. The van der Waals surface area contributed by atoms with Crippen molar-refractivity contribution in [3.8, 4) is 5.75 Å². The molecule has 0 saturated carbocycles. The van der Waals surface area contributed by atoms with Gasteiger partial charge in [-0.05, 0) is 48.4 Å². The maximum atomic E-state index is 13.5. The Morgan fingerprint density at radius 3 is 2.73 bits per heavy atom. The van der Waals surface area contributed by atoms with E-state index in [1.807, 2.05) is 0 Å². The van der Waals surface area contributed by atoms with Gasteiger partial charge in [0.1, 0.15) is 0 Å². The highest BCUT2D eigenvalue weighted by Gasteiger charge is 2.18. The third-order valence-electron chi connectivity index (χ3n) is 4.73. The zero-order valence-corrected chi connectivity index (χ0v) is 15.3. The molecule has 2 N–H and O–H groups in total. The third-order valence-corrected chi connectivity index (χ3v) is 4.73. The smallest absolute Gasteiger partial charge is 0.317 e. The maximum absolute atomic E-state index is 13.5. The number of halogens is 1. The van der Waals surface area contributed by atoms with E-state index in [-0.39, 0.29) is 12.1 Å². The van der Waals surface area contributed by atoms with Crippen LogP contribution in [0.15, 0.2) is 36.4 Å². The van der Waals surface area contributed by atoms with Gasteiger partial charge in [0.05, 0.1) is 6.04 Å². The van der Waals surface area contributed by atoms with Gasteiger partial charge in [0, 0.05) is 26.7 Å². The minimum atomic E-state index is -0.694. The monoisotopic (exact) mass is 357 g/mol. The predicted molar refractivity (Wildman–Crippen MR) is 98.1 cm³/mol.